The van der Waals surface area contributed by atoms with Gasteiger partial charge in [0.25, 0.3) is 0 Å². The number of benzene rings is 1. The average Bonchev–Trinajstić information content (AvgIpc) is 2.90. The van der Waals surface area contributed by atoms with Crippen LogP contribution in [-0.2, 0) is 11.8 Å². The number of pyridine rings is 1. The first-order valence-corrected chi connectivity index (χ1v) is 8.53. The summed E-state index contributed by atoms with van der Waals surface area (Å²) in [4.78, 5) is 12.1. The largest absolute Gasteiger partial charge is 0.298 e. The molecular weight excluding hydrogens is 282 g/mol. The Morgan fingerprint density at radius 3 is 3.00 bits per heavy atom. The second kappa shape index (κ2) is 4.51. The first-order valence-electron chi connectivity index (χ1n) is 8.53. The van der Waals surface area contributed by atoms with Crippen LogP contribution in [0, 0.1) is 0 Å². The van der Waals surface area contributed by atoms with Gasteiger partial charge in [-0.15, -0.1) is 0 Å². The number of nitrogens with zero attached hydrogens (tertiary/aromatic N) is 3. The van der Waals surface area contributed by atoms with E-state index in [0.717, 1.165) is 19.4 Å². The molecule has 5 rings (SSSR count). The van der Waals surface area contributed by atoms with Gasteiger partial charge in [0, 0.05) is 23.5 Å². The lowest BCUT2D eigenvalue weighted by Crippen LogP contribution is -2.55. The van der Waals surface area contributed by atoms with Crippen LogP contribution in [0.1, 0.15) is 36.0 Å². The smallest absolute Gasteiger partial charge is 0.0671 e. The fourth-order valence-electron chi connectivity index (χ4n) is 5.08. The zero-order chi connectivity index (χ0) is 15.6. The number of para-hydroxylation sites is 1. The fraction of sp³-hybridized carbons (Fsp3) is 0.400. The van der Waals surface area contributed by atoms with E-state index in [-0.39, 0.29) is 5.41 Å². The number of likely N-dealkylation sites (N-methyl/N-ethyl adjacent to an activating group) is 1. The molecule has 116 valence electrons. The molecule has 2 aromatic rings. The van der Waals surface area contributed by atoms with E-state index in [2.05, 4.69) is 60.4 Å². The number of hydrogen-bond donors (Lipinski definition) is 0. The Balaban J connectivity index is 1.82. The van der Waals surface area contributed by atoms with Gasteiger partial charge < -0.3 is 0 Å². The molecule has 1 aliphatic carbocycles. The van der Waals surface area contributed by atoms with Gasteiger partial charge in [-0.2, -0.15) is 0 Å². The van der Waals surface area contributed by atoms with Crippen molar-refractivity contribution in [2.75, 3.05) is 13.6 Å². The molecule has 3 aliphatic rings. The van der Waals surface area contributed by atoms with Gasteiger partial charge in [0.1, 0.15) is 0 Å². The number of aromatic nitrogens is 1. The number of hydrogen-bond acceptors (Lipinski definition) is 3. The Morgan fingerprint density at radius 2 is 2.09 bits per heavy atom. The van der Waals surface area contributed by atoms with Crippen molar-refractivity contribution >= 4 is 11.4 Å². The minimum atomic E-state index is 0.0576. The van der Waals surface area contributed by atoms with E-state index in [0.29, 0.717) is 12.0 Å². The van der Waals surface area contributed by atoms with E-state index in [1.165, 1.54) is 28.1 Å². The van der Waals surface area contributed by atoms with Crippen LogP contribution >= 0.6 is 0 Å². The maximum Gasteiger partial charge on any atom is 0.0671 e. The molecule has 0 spiro atoms. The second-order valence-corrected chi connectivity index (χ2v) is 7.23. The van der Waals surface area contributed by atoms with Crippen LogP contribution in [0.25, 0.3) is 0 Å². The molecule has 3 nitrogen and oxygen atoms in total. The van der Waals surface area contributed by atoms with Crippen molar-refractivity contribution in [3.05, 3.63) is 59.4 Å². The van der Waals surface area contributed by atoms with Crippen LogP contribution in [0.2, 0.25) is 0 Å². The maximum atomic E-state index is 5.15. The van der Waals surface area contributed by atoms with Gasteiger partial charge in [-0.1, -0.05) is 25.1 Å². The third-order valence-corrected chi connectivity index (χ3v) is 6.35. The predicted molar refractivity (Wildman–Crippen MR) is 92.6 cm³/mol. The van der Waals surface area contributed by atoms with E-state index in [1.54, 1.807) is 0 Å². The van der Waals surface area contributed by atoms with Gasteiger partial charge in [-0.25, -0.2) is 0 Å². The molecule has 1 fully saturated rings. The number of fused-ring (bicyclic) bond motifs is 2. The molecule has 1 aromatic heterocycles. The quantitative estimate of drug-likeness (QED) is 0.745. The van der Waals surface area contributed by atoms with Crippen molar-refractivity contribution in [2.24, 2.45) is 4.99 Å². The second-order valence-electron chi connectivity index (χ2n) is 7.23. The number of likely N-dealkylation sites (tertiary alicyclic amines) is 1. The van der Waals surface area contributed by atoms with Gasteiger partial charge in [0.2, 0.25) is 0 Å². The van der Waals surface area contributed by atoms with Gasteiger partial charge in [0.05, 0.1) is 11.7 Å². The van der Waals surface area contributed by atoms with Crippen molar-refractivity contribution in [3.8, 4) is 0 Å². The summed E-state index contributed by atoms with van der Waals surface area (Å²) >= 11 is 0. The Labute approximate surface area is 137 Å². The molecule has 3 atom stereocenters. The lowest BCUT2D eigenvalue weighted by molar-refractivity contribution is 0.229. The summed E-state index contributed by atoms with van der Waals surface area (Å²) in [6.07, 6.45) is 6.22. The zero-order valence-corrected chi connectivity index (χ0v) is 13.7. The van der Waals surface area contributed by atoms with Gasteiger partial charge in [-0.3, -0.25) is 14.9 Å². The molecular formula is C20H21N3. The Bertz CT molecular complexity index is 825. The summed E-state index contributed by atoms with van der Waals surface area (Å²) in [5.41, 5.74) is 6.91. The van der Waals surface area contributed by atoms with Crippen LogP contribution < -0.4 is 0 Å². The zero-order valence-electron chi connectivity index (χ0n) is 13.7. The van der Waals surface area contributed by atoms with Crippen molar-refractivity contribution in [1.82, 2.24) is 9.88 Å². The van der Waals surface area contributed by atoms with Crippen molar-refractivity contribution in [3.63, 3.8) is 0 Å². The summed E-state index contributed by atoms with van der Waals surface area (Å²) in [7, 11) is 2.25. The number of piperidine rings is 1. The Morgan fingerprint density at radius 1 is 1.22 bits per heavy atom. The average molecular weight is 303 g/mol. The maximum absolute atomic E-state index is 5.15. The molecule has 23 heavy (non-hydrogen) atoms. The van der Waals surface area contributed by atoms with Crippen LogP contribution in [0.3, 0.4) is 0 Å². The molecule has 0 unspecified atom stereocenters. The van der Waals surface area contributed by atoms with Crippen molar-refractivity contribution in [2.45, 2.75) is 37.1 Å². The number of rotatable bonds is 0. The summed E-state index contributed by atoms with van der Waals surface area (Å²) in [5.74, 6) is 0.423. The molecule has 2 aliphatic heterocycles. The highest BCUT2D eigenvalue weighted by Crippen LogP contribution is 2.55. The predicted octanol–water partition coefficient (Wildman–Crippen LogP) is 3.47. The minimum absolute atomic E-state index is 0.0576. The van der Waals surface area contributed by atoms with E-state index < -0.39 is 0 Å². The van der Waals surface area contributed by atoms with Crippen molar-refractivity contribution < 1.29 is 0 Å². The van der Waals surface area contributed by atoms with E-state index in [9.17, 15) is 0 Å². The summed E-state index contributed by atoms with van der Waals surface area (Å²) in [6, 6.07) is 11.4. The Kier molecular flexibility index (Phi) is 2.64. The standard InChI is InChI=1S/C20H21N3/c1-13-15-12-21-9-7-14(15)11-18-19-20(13,8-10-23(18)2)16-5-3-4-6-17(16)22-19/h3-7,9,12-13,18H,8,10-11H2,1-2H3/t13-,18+,20-/m1/s1. The van der Waals surface area contributed by atoms with E-state index in [4.69, 9.17) is 4.99 Å². The van der Waals surface area contributed by atoms with Gasteiger partial charge in [-0.05, 0) is 61.2 Å². The first kappa shape index (κ1) is 13.4. The van der Waals surface area contributed by atoms with Gasteiger partial charge >= 0.3 is 0 Å². The highest BCUT2D eigenvalue weighted by atomic mass is 15.2. The topological polar surface area (TPSA) is 28.5 Å². The minimum Gasteiger partial charge on any atom is -0.298 e. The van der Waals surface area contributed by atoms with E-state index >= 15 is 0 Å². The summed E-state index contributed by atoms with van der Waals surface area (Å²) < 4.78 is 0. The third kappa shape index (κ3) is 1.58. The monoisotopic (exact) mass is 303 g/mol. The fourth-order valence-corrected chi connectivity index (χ4v) is 5.08. The first-order chi connectivity index (χ1) is 11.2. The lowest BCUT2D eigenvalue weighted by atomic mass is 9.62. The Hall–Kier alpha value is -2.00. The third-order valence-electron chi connectivity index (χ3n) is 6.35. The molecule has 0 amide bonds. The normalized spacial score (nSPS) is 31.7. The number of aliphatic imine (C=N–C) groups is 1. The molecule has 2 bridgehead atoms. The molecule has 1 saturated heterocycles. The highest BCUT2D eigenvalue weighted by Gasteiger charge is 2.55. The molecule has 0 radical (unpaired) electrons. The van der Waals surface area contributed by atoms with Gasteiger partial charge in [0.15, 0.2) is 0 Å². The molecule has 3 heterocycles. The summed E-state index contributed by atoms with van der Waals surface area (Å²) in [6.45, 7) is 3.51. The molecule has 0 saturated carbocycles. The molecule has 0 N–H and O–H groups in total. The SMILES string of the molecule is C[C@@H]1c2cnccc2C[C@H]2C3=Nc4ccccc4[C@]31CCN2C. The molecule has 3 heteroatoms. The van der Waals surface area contributed by atoms with Crippen LogP contribution in [0.15, 0.2) is 47.7 Å². The van der Waals surface area contributed by atoms with Crippen LogP contribution in [-0.4, -0.2) is 35.2 Å². The van der Waals surface area contributed by atoms with E-state index in [1.807, 2.05) is 6.20 Å². The van der Waals surface area contributed by atoms with Crippen LogP contribution in [0.5, 0.6) is 0 Å². The van der Waals surface area contributed by atoms with Crippen LogP contribution in [0.4, 0.5) is 5.69 Å². The molecule has 1 aromatic carbocycles. The lowest BCUT2D eigenvalue weighted by Gasteiger charge is -2.46. The summed E-state index contributed by atoms with van der Waals surface area (Å²) in [5, 5.41) is 0. The van der Waals surface area contributed by atoms with Crippen molar-refractivity contribution in [1.29, 1.82) is 0 Å². The highest BCUT2D eigenvalue weighted by molar-refractivity contribution is 6.07.